The van der Waals surface area contributed by atoms with Crippen LogP contribution in [0, 0.1) is 0 Å². The Morgan fingerprint density at radius 3 is 2.43 bits per heavy atom. The maximum Gasteiger partial charge on any atom is 0.165 e. The first-order valence-corrected chi connectivity index (χ1v) is 10.1. The second-order valence-electron chi connectivity index (χ2n) is 6.78. The Hall–Kier alpha value is -3.11. The molecule has 1 N–H and O–H groups in total. The average Bonchev–Trinajstić information content (AvgIpc) is 2.77. The zero-order valence-corrected chi connectivity index (χ0v) is 18.0. The second kappa shape index (κ2) is 10.6. The van der Waals surface area contributed by atoms with Gasteiger partial charge in [-0.15, -0.1) is 6.58 Å². The number of nitrogens with one attached hydrogen (secondary N) is 1. The van der Waals surface area contributed by atoms with Crippen LogP contribution in [0.3, 0.4) is 0 Å². The van der Waals surface area contributed by atoms with Gasteiger partial charge >= 0.3 is 0 Å². The molecule has 0 unspecified atom stereocenters. The third kappa shape index (κ3) is 5.71. The number of allylic oxidation sites excluding steroid dienone is 1. The lowest BCUT2D eigenvalue weighted by Gasteiger charge is -2.17. The first-order chi connectivity index (χ1) is 14.6. The van der Waals surface area contributed by atoms with E-state index in [1.54, 1.807) is 14.2 Å². The Bertz CT molecular complexity index is 986. The summed E-state index contributed by atoms with van der Waals surface area (Å²) < 4.78 is 17.0. The summed E-state index contributed by atoms with van der Waals surface area (Å²) in [7, 11) is 3.31. The minimum Gasteiger partial charge on any atom is -0.497 e. The smallest absolute Gasteiger partial charge is 0.165 e. The number of rotatable bonds is 10. The minimum atomic E-state index is 0.407. The molecule has 0 amide bonds. The Labute approximate surface area is 183 Å². The van der Waals surface area contributed by atoms with Gasteiger partial charge in [0, 0.05) is 22.8 Å². The lowest BCUT2D eigenvalue weighted by atomic mass is 10.1. The van der Waals surface area contributed by atoms with Crippen molar-refractivity contribution in [3.63, 3.8) is 0 Å². The van der Waals surface area contributed by atoms with Crippen molar-refractivity contribution in [2.75, 3.05) is 19.5 Å². The van der Waals surface area contributed by atoms with E-state index >= 15 is 0 Å². The molecule has 3 aromatic rings. The van der Waals surface area contributed by atoms with Gasteiger partial charge in [0.05, 0.1) is 14.2 Å². The number of hydrogen-bond donors (Lipinski definition) is 1. The molecule has 0 bridgehead atoms. The molecule has 0 saturated carbocycles. The third-order valence-electron chi connectivity index (χ3n) is 4.63. The van der Waals surface area contributed by atoms with Gasteiger partial charge < -0.3 is 19.5 Å². The van der Waals surface area contributed by atoms with E-state index in [1.807, 2.05) is 60.7 Å². The van der Waals surface area contributed by atoms with E-state index in [-0.39, 0.29) is 0 Å². The summed E-state index contributed by atoms with van der Waals surface area (Å²) in [5.41, 5.74) is 4.13. The van der Waals surface area contributed by atoms with E-state index in [2.05, 4.69) is 18.0 Å². The van der Waals surface area contributed by atoms with Crippen molar-refractivity contribution >= 4 is 17.3 Å². The first-order valence-electron chi connectivity index (χ1n) is 9.68. The quantitative estimate of drug-likeness (QED) is 0.390. The van der Waals surface area contributed by atoms with Gasteiger partial charge in [-0.25, -0.2) is 0 Å². The summed E-state index contributed by atoms with van der Waals surface area (Å²) >= 11 is 6.08. The number of ether oxygens (including phenoxy) is 3. The molecule has 5 heteroatoms. The van der Waals surface area contributed by atoms with Crippen LogP contribution in [0.5, 0.6) is 17.2 Å². The fraction of sp³-hybridized carbons (Fsp3) is 0.200. The maximum atomic E-state index is 6.13. The highest BCUT2D eigenvalue weighted by Gasteiger charge is 2.13. The zero-order chi connectivity index (χ0) is 21.3. The van der Waals surface area contributed by atoms with Crippen LogP contribution >= 0.6 is 11.6 Å². The Kier molecular flexibility index (Phi) is 7.63. The van der Waals surface area contributed by atoms with Crippen molar-refractivity contribution in [2.24, 2.45) is 0 Å². The van der Waals surface area contributed by atoms with Crippen molar-refractivity contribution in [1.82, 2.24) is 0 Å². The summed E-state index contributed by atoms with van der Waals surface area (Å²) in [5.74, 6) is 2.25. The molecule has 0 spiro atoms. The molecular formula is C25H26ClNO3. The van der Waals surface area contributed by atoms with Crippen LogP contribution < -0.4 is 19.5 Å². The van der Waals surface area contributed by atoms with E-state index < -0.39 is 0 Å². The largest absolute Gasteiger partial charge is 0.497 e. The summed E-state index contributed by atoms with van der Waals surface area (Å²) in [6.07, 6.45) is 2.54. The molecule has 0 atom stereocenters. The molecule has 0 aromatic heterocycles. The van der Waals surface area contributed by atoms with Gasteiger partial charge in [0.15, 0.2) is 11.5 Å². The number of methoxy groups -OCH3 is 2. The van der Waals surface area contributed by atoms with Gasteiger partial charge in [-0.3, -0.25) is 0 Å². The average molecular weight is 424 g/mol. The van der Waals surface area contributed by atoms with Gasteiger partial charge in [-0.05, 0) is 66.1 Å². The molecule has 3 aromatic carbocycles. The van der Waals surface area contributed by atoms with Crippen LogP contribution in [-0.2, 0) is 19.6 Å². The van der Waals surface area contributed by atoms with Gasteiger partial charge in [-0.2, -0.15) is 0 Å². The van der Waals surface area contributed by atoms with Gasteiger partial charge in [0.2, 0.25) is 0 Å². The van der Waals surface area contributed by atoms with E-state index in [4.69, 9.17) is 25.8 Å². The predicted molar refractivity (Wildman–Crippen MR) is 123 cm³/mol. The fourth-order valence-corrected chi connectivity index (χ4v) is 3.36. The molecule has 0 radical (unpaired) electrons. The second-order valence-corrected chi connectivity index (χ2v) is 7.22. The van der Waals surface area contributed by atoms with Crippen molar-refractivity contribution < 1.29 is 14.2 Å². The number of benzene rings is 3. The Morgan fingerprint density at radius 1 is 0.967 bits per heavy atom. The molecule has 0 fully saturated rings. The van der Waals surface area contributed by atoms with Crippen LogP contribution in [0.4, 0.5) is 5.69 Å². The van der Waals surface area contributed by atoms with E-state index in [0.29, 0.717) is 30.3 Å². The molecule has 3 rings (SSSR count). The number of anilines is 1. The summed E-state index contributed by atoms with van der Waals surface area (Å²) in [4.78, 5) is 0. The van der Waals surface area contributed by atoms with E-state index in [0.717, 1.165) is 33.9 Å². The third-order valence-corrected chi connectivity index (χ3v) is 4.87. The van der Waals surface area contributed by atoms with Crippen LogP contribution in [0.25, 0.3) is 0 Å². The van der Waals surface area contributed by atoms with Gasteiger partial charge in [-0.1, -0.05) is 29.8 Å². The molecular weight excluding hydrogens is 398 g/mol. The lowest BCUT2D eigenvalue weighted by molar-refractivity contribution is 0.281. The molecule has 156 valence electrons. The molecule has 4 nitrogen and oxygen atoms in total. The monoisotopic (exact) mass is 423 g/mol. The summed E-state index contributed by atoms with van der Waals surface area (Å²) in [6.45, 7) is 4.94. The highest BCUT2D eigenvalue weighted by atomic mass is 35.5. The maximum absolute atomic E-state index is 6.13. The van der Waals surface area contributed by atoms with Gasteiger partial charge in [0.1, 0.15) is 12.4 Å². The van der Waals surface area contributed by atoms with Crippen molar-refractivity contribution in [2.45, 2.75) is 19.6 Å². The molecule has 0 aliphatic rings. The van der Waals surface area contributed by atoms with Crippen molar-refractivity contribution in [1.29, 1.82) is 0 Å². The topological polar surface area (TPSA) is 39.7 Å². The number of hydrogen-bond acceptors (Lipinski definition) is 4. The predicted octanol–water partition coefficient (Wildman–Crippen LogP) is 6.28. The van der Waals surface area contributed by atoms with Crippen molar-refractivity contribution in [3.8, 4) is 17.2 Å². The molecule has 0 heterocycles. The normalized spacial score (nSPS) is 10.4. The van der Waals surface area contributed by atoms with Crippen LogP contribution in [0.15, 0.2) is 73.3 Å². The minimum absolute atomic E-state index is 0.407. The molecule has 0 saturated heterocycles. The first kappa shape index (κ1) is 21.6. The molecule has 0 aliphatic heterocycles. The fourth-order valence-electron chi connectivity index (χ4n) is 3.14. The van der Waals surface area contributed by atoms with Crippen LogP contribution in [0.2, 0.25) is 5.02 Å². The number of halogens is 1. The van der Waals surface area contributed by atoms with Crippen LogP contribution in [-0.4, -0.2) is 14.2 Å². The lowest BCUT2D eigenvalue weighted by Crippen LogP contribution is -2.05. The Balaban J connectivity index is 1.78. The Morgan fingerprint density at radius 2 is 1.77 bits per heavy atom. The SMILES string of the molecule is C=CCc1cc(CNc2ccc(OC)cc2)cc(OC)c1OCc1cccc(Cl)c1. The van der Waals surface area contributed by atoms with Crippen LogP contribution in [0.1, 0.15) is 16.7 Å². The molecule has 0 aliphatic carbocycles. The van der Waals surface area contributed by atoms with E-state index in [1.165, 1.54) is 0 Å². The van der Waals surface area contributed by atoms with Crippen molar-refractivity contribution in [3.05, 3.63) is 95.0 Å². The molecule has 30 heavy (non-hydrogen) atoms. The summed E-state index contributed by atoms with van der Waals surface area (Å²) in [6, 6.07) is 19.6. The van der Waals surface area contributed by atoms with E-state index in [9.17, 15) is 0 Å². The van der Waals surface area contributed by atoms with Gasteiger partial charge in [0.25, 0.3) is 0 Å². The highest BCUT2D eigenvalue weighted by Crippen LogP contribution is 2.34. The summed E-state index contributed by atoms with van der Waals surface area (Å²) in [5, 5.41) is 4.11. The standard InChI is InChI=1S/C25H26ClNO3/c1-4-6-20-13-19(16-27-22-9-11-23(28-2)12-10-22)15-24(29-3)25(20)30-17-18-7-5-8-21(26)14-18/h4-5,7-15,27H,1,6,16-17H2,2-3H3. The highest BCUT2D eigenvalue weighted by molar-refractivity contribution is 6.30. The zero-order valence-electron chi connectivity index (χ0n) is 17.3.